The van der Waals surface area contributed by atoms with Crippen LogP contribution in [0.3, 0.4) is 0 Å². The highest BCUT2D eigenvalue weighted by molar-refractivity contribution is 5.79. The molecule has 0 fully saturated rings. The summed E-state index contributed by atoms with van der Waals surface area (Å²) < 4.78 is 16.7. The van der Waals surface area contributed by atoms with Crippen LogP contribution in [0.4, 0.5) is 0 Å². The molecule has 108 valence electrons. The number of ether oxygens (including phenoxy) is 3. The fraction of sp³-hybridized carbons (Fsp3) is 0.533. The molecule has 0 aliphatic carbocycles. The van der Waals surface area contributed by atoms with Gasteiger partial charge in [-0.1, -0.05) is 0 Å². The molecule has 0 spiro atoms. The topological polar surface area (TPSA) is 56.4 Å². The van der Waals surface area contributed by atoms with Gasteiger partial charge in [-0.3, -0.25) is 0 Å². The summed E-state index contributed by atoms with van der Waals surface area (Å²) in [5.74, 6) is 2.58. The molecule has 0 amide bonds. The van der Waals surface area contributed by atoms with Gasteiger partial charge in [-0.15, -0.1) is 0 Å². The molecule has 0 unspecified atom stereocenters. The number of rotatable bonds is 5. The standard InChI is InChI=1S/C15H20N2O3/c1-2-18-6-3-5-15-16-11-9-13-14(10-12(11)17-15)20-8-4-7-19-13/h9-10H,2-8H2,1H3,(H,16,17). The number of aryl methyl sites for hydroxylation is 1. The molecule has 1 N–H and O–H groups in total. The molecule has 0 saturated carbocycles. The molecule has 20 heavy (non-hydrogen) atoms. The SMILES string of the molecule is CCOCCCc1nc2cc3c(cc2[nH]1)OCCCO3. The summed E-state index contributed by atoms with van der Waals surface area (Å²) in [6, 6.07) is 3.94. The van der Waals surface area contributed by atoms with Crippen LogP contribution in [0.2, 0.25) is 0 Å². The Morgan fingerprint density at radius 3 is 2.85 bits per heavy atom. The molecule has 1 aliphatic rings. The van der Waals surface area contributed by atoms with E-state index in [1.165, 1.54) is 0 Å². The molecule has 2 heterocycles. The van der Waals surface area contributed by atoms with Crippen LogP contribution in [0, 0.1) is 0 Å². The second-order valence-corrected chi connectivity index (χ2v) is 4.85. The number of aromatic nitrogens is 2. The van der Waals surface area contributed by atoms with Crippen molar-refractivity contribution in [3.63, 3.8) is 0 Å². The maximum absolute atomic E-state index is 5.69. The van der Waals surface area contributed by atoms with E-state index in [9.17, 15) is 0 Å². The number of hydrogen-bond acceptors (Lipinski definition) is 4. The summed E-state index contributed by atoms with van der Waals surface area (Å²) in [6.07, 6.45) is 2.78. The smallest absolute Gasteiger partial charge is 0.163 e. The number of nitrogens with zero attached hydrogens (tertiary/aromatic N) is 1. The number of fused-ring (bicyclic) bond motifs is 2. The van der Waals surface area contributed by atoms with E-state index in [0.717, 1.165) is 60.8 Å². The van der Waals surface area contributed by atoms with E-state index in [1.807, 2.05) is 19.1 Å². The first-order valence-electron chi connectivity index (χ1n) is 7.23. The molecule has 0 saturated heterocycles. The quantitative estimate of drug-likeness (QED) is 0.853. The largest absolute Gasteiger partial charge is 0.489 e. The van der Waals surface area contributed by atoms with E-state index < -0.39 is 0 Å². The average Bonchev–Trinajstić information content (AvgIpc) is 2.70. The van der Waals surface area contributed by atoms with Crippen molar-refractivity contribution in [2.75, 3.05) is 26.4 Å². The zero-order valence-electron chi connectivity index (χ0n) is 11.8. The molecule has 1 aromatic carbocycles. The van der Waals surface area contributed by atoms with Crippen LogP contribution in [0.15, 0.2) is 12.1 Å². The molecule has 2 aromatic rings. The minimum atomic E-state index is 0.699. The van der Waals surface area contributed by atoms with E-state index in [2.05, 4.69) is 9.97 Å². The van der Waals surface area contributed by atoms with Gasteiger partial charge in [0.25, 0.3) is 0 Å². The molecular weight excluding hydrogens is 256 g/mol. The molecule has 3 rings (SSSR count). The molecule has 1 aromatic heterocycles. The predicted molar refractivity (Wildman–Crippen MR) is 76.5 cm³/mol. The molecule has 0 atom stereocenters. The van der Waals surface area contributed by atoms with Crippen LogP contribution in [-0.2, 0) is 11.2 Å². The highest BCUT2D eigenvalue weighted by atomic mass is 16.5. The lowest BCUT2D eigenvalue weighted by Gasteiger charge is -2.05. The highest BCUT2D eigenvalue weighted by Gasteiger charge is 2.13. The maximum atomic E-state index is 5.69. The highest BCUT2D eigenvalue weighted by Crippen LogP contribution is 2.33. The van der Waals surface area contributed by atoms with Gasteiger partial charge < -0.3 is 19.2 Å². The fourth-order valence-corrected chi connectivity index (χ4v) is 2.32. The maximum Gasteiger partial charge on any atom is 0.163 e. The molecule has 0 radical (unpaired) electrons. The summed E-state index contributed by atoms with van der Waals surface area (Å²) in [5.41, 5.74) is 1.93. The minimum absolute atomic E-state index is 0.699. The van der Waals surface area contributed by atoms with Crippen LogP contribution in [0.5, 0.6) is 11.5 Å². The molecule has 5 nitrogen and oxygen atoms in total. The van der Waals surface area contributed by atoms with Crippen molar-refractivity contribution in [1.82, 2.24) is 9.97 Å². The van der Waals surface area contributed by atoms with E-state index >= 15 is 0 Å². The van der Waals surface area contributed by atoms with Gasteiger partial charge in [0.2, 0.25) is 0 Å². The van der Waals surface area contributed by atoms with Crippen molar-refractivity contribution in [3.05, 3.63) is 18.0 Å². The summed E-state index contributed by atoms with van der Waals surface area (Å²) in [5, 5.41) is 0. The summed E-state index contributed by atoms with van der Waals surface area (Å²) in [7, 11) is 0. The molecule has 1 aliphatic heterocycles. The van der Waals surface area contributed by atoms with Gasteiger partial charge in [0.15, 0.2) is 11.5 Å². The molecule has 5 heteroatoms. The average molecular weight is 276 g/mol. The van der Waals surface area contributed by atoms with E-state index in [0.29, 0.717) is 13.2 Å². The Morgan fingerprint density at radius 2 is 2.05 bits per heavy atom. The second kappa shape index (κ2) is 6.13. The Balaban J connectivity index is 1.77. The Labute approximate surface area is 118 Å². The first kappa shape index (κ1) is 13.2. The summed E-state index contributed by atoms with van der Waals surface area (Å²) in [4.78, 5) is 7.94. The summed E-state index contributed by atoms with van der Waals surface area (Å²) >= 11 is 0. The number of aromatic amines is 1. The Kier molecular flexibility index (Phi) is 4.06. The van der Waals surface area contributed by atoms with Gasteiger partial charge in [0, 0.05) is 38.2 Å². The van der Waals surface area contributed by atoms with Crippen molar-refractivity contribution in [2.45, 2.75) is 26.2 Å². The number of nitrogens with one attached hydrogen (secondary N) is 1. The third-order valence-electron chi connectivity index (χ3n) is 3.31. The third-order valence-corrected chi connectivity index (χ3v) is 3.31. The summed E-state index contributed by atoms with van der Waals surface area (Å²) in [6.45, 7) is 4.95. The first-order chi connectivity index (χ1) is 9.86. The molecular formula is C15H20N2O3. The van der Waals surface area contributed by atoms with Crippen LogP contribution in [0.1, 0.15) is 25.6 Å². The van der Waals surface area contributed by atoms with E-state index in [-0.39, 0.29) is 0 Å². The number of imidazole rings is 1. The van der Waals surface area contributed by atoms with E-state index in [1.54, 1.807) is 0 Å². The van der Waals surface area contributed by atoms with Crippen LogP contribution in [0.25, 0.3) is 11.0 Å². The van der Waals surface area contributed by atoms with Gasteiger partial charge >= 0.3 is 0 Å². The minimum Gasteiger partial charge on any atom is -0.489 e. The Bertz CT molecular complexity index is 537. The first-order valence-corrected chi connectivity index (χ1v) is 7.23. The normalized spacial score (nSPS) is 14.4. The zero-order chi connectivity index (χ0) is 13.8. The van der Waals surface area contributed by atoms with Gasteiger partial charge in [0.1, 0.15) is 5.82 Å². The van der Waals surface area contributed by atoms with Gasteiger partial charge in [-0.2, -0.15) is 0 Å². The van der Waals surface area contributed by atoms with Crippen LogP contribution in [-0.4, -0.2) is 36.4 Å². The third kappa shape index (κ3) is 2.88. The van der Waals surface area contributed by atoms with E-state index in [4.69, 9.17) is 14.2 Å². The van der Waals surface area contributed by atoms with Crippen molar-refractivity contribution in [3.8, 4) is 11.5 Å². The van der Waals surface area contributed by atoms with Crippen LogP contribution < -0.4 is 9.47 Å². The van der Waals surface area contributed by atoms with Gasteiger partial charge in [-0.25, -0.2) is 4.98 Å². The predicted octanol–water partition coefficient (Wildman–Crippen LogP) is 2.69. The lowest BCUT2D eigenvalue weighted by atomic mass is 10.3. The second-order valence-electron chi connectivity index (χ2n) is 4.85. The van der Waals surface area contributed by atoms with Gasteiger partial charge in [-0.05, 0) is 13.3 Å². The number of benzene rings is 1. The lowest BCUT2D eigenvalue weighted by molar-refractivity contribution is 0.145. The Morgan fingerprint density at radius 1 is 1.25 bits per heavy atom. The molecule has 0 bridgehead atoms. The number of hydrogen-bond donors (Lipinski definition) is 1. The number of H-pyrrole nitrogens is 1. The Hall–Kier alpha value is -1.75. The fourth-order valence-electron chi connectivity index (χ4n) is 2.32. The monoisotopic (exact) mass is 276 g/mol. The van der Waals surface area contributed by atoms with Crippen molar-refractivity contribution in [2.24, 2.45) is 0 Å². The van der Waals surface area contributed by atoms with Crippen LogP contribution >= 0.6 is 0 Å². The van der Waals surface area contributed by atoms with Crippen molar-refractivity contribution >= 4 is 11.0 Å². The van der Waals surface area contributed by atoms with Crippen molar-refractivity contribution < 1.29 is 14.2 Å². The van der Waals surface area contributed by atoms with Crippen molar-refractivity contribution in [1.29, 1.82) is 0 Å². The zero-order valence-corrected chi connectivity index (χ0v) is 11.8. The lowest BCUT2D eigenvalue weighted by Crippen LogP contribution is -1.97. The van der Waals surface area contributed by atoms with Gasteiger partial charge in [0.05, 0.1) is 24.2 Å².